The second-order valence-corrected chi connectivity index (χ2v) is 9.16. The van der Waals surface area contributed by atoms with E-state index in [4.69, 9.17) is 9.47 Å². The third-order valence-corrected chi connectivity index (χ3v) is 6.99. The van der Waals surface area contributed by atoms with Crippen LogP contribution in [-0.2, 0) is 10.0 Å². The molecule has 2 aromatic rings. The van der Waals surface area contributed by atoms with E-state index in [-0.39, 0.29) is 23.3 Å². The summed E-state index contributed by atoms with van der Waals surface area (Å²) in [6.07, 6.45) is 0.641. The van der Waals surface area contributed by atoms with Gasteiger partial charge in [-0.05, 0) is 61.4 Å². The minimum atomic E-state index is -3.52. The molecule has 3 rings (SSSR count). The number of aliphatic hydroxyl groups is 1. The number of piperidine rings is 1. The average Bonchev–Trinajstić information content (AvgIpc) is 2.77. The van der Waals surface area contributed by atoms with E-state index in [1.54, 1.807) is 36.4 Å². The molecule has 1 atom stereocenters. The van der Waals surface area contributed by atoms with Crippen molar-refractivity contribution < 1.29 is 28.1 Å². The predicted octanol–water partition coefficient (Wildman–Crippen LogP) is 1.58. The highest BCUT2D eigenvalue weighted by atomic mass is 32.2. The number of nitrogens with one attached hydrogen (secondary N) is 1. The number of benzene rings is 2. The Morgan fingerprint density at radius 2 is 1.67 bits per heavy atom. The lowest BCUT2D eigenvalue weighted by atomic mass is 10.1. The van der Waals surface area contributed by atoms with Gasteiger partial charge in [0.2, 0.25) is 10.0 Å². The molecular formula is C21H28N2O6S. The highest BCUT2D eigenvalue weighted by Gasteiger charge is 2.29. The molecule has 164 valence electrons. The molecule has 1 aliphatic rings. The fourth-order valence-electron chi connectivity index (χ4n) is 3.29. The van der Waals surface area contributed by atoms with Crippen LogP contribution in [0.2, 0.25) is 0 Å². The van der Waals surface area contributed by atoms with Crippen molar-refractivity contribution in [3.63, 3.8) is 0 Å². The first-order valence-electron chi connectivity index (χ1n) is 9.86. The van der Waals surface area contributed by atoms with Crippen molar-refractivity contribution in [3.05, 3.63) is 48.5 Å². The number of phenolic OH excluding ortho intramolecular Hbond substituents is 1. The zero-order chi connectivity index (χ0) is 21.6. The van der Waals surface area contributed by atoms with E-state index < -0.39 is 16.1 Å². The molecule has 3 N–H and O–H groups in total. The molecular weight excluding hydrogens is 408 g/mol. The molecule has 0 unspecified atom stereocenters. The molecule has 0 spiro atoms. The van der Waals surface area contributed by atoms with Gasteiger partial charge in [-0.2, -0.15) is 4.31 Å². The Bertz CT molecular complexity index is 894. The van der Waals surface area contributed by atoms with Crippen LogP contribution < -0.4 is 14.8 Å². The molecule has 0 saturated carbocycles. The van der Waals surface area contributed by atoms with E-state index >= 15 is 0 Å². The third-order valence-electron chi connectivity index (χ3n) is 5.07. The van der Waals surface area contributed by atoms with Gasteiger partial charge in [0, 0.05) is 25.7 Å². The molecule has 1 heterocycles. The van der Waals surface area contributed by atoms with E-state index in [1.807, 2.05) is 0 Å². The summed E-state index contributed by atoms with van der Waals surface area (Å²) < 4.78 is 37.7. The summed E-state index contributed by atoms with van der Waals surface area (Å²) in [6.45, 7) is 1.33. The lowest BCUT2D eigenvalue weighted by Gasteiger charge is -2.32. The summed E-state index contributed by atoms with van der Waals surface area (Å²) in [4.78, 5) is 0.261. The molecule has 1 aliphatic heterocycles. The second kappa shape index (κ2) is 10.1. The number of rotatable bonds is 9. The number of methoxy groups -OCH3 is 1. The van der Waals surface area contributed by atoms with Crippen molar-refractivity contribution in [2.45, 2.75) is 29.9 Å². The molecule has 30 heavy (non-hydrogen) atoms. The average molecular weight is 437 g/mol. The normalized spacial score (nSPS) is 16.9. The third kappa shape index (κ3) is 5.85. The number of sulfonamides is 1. The molecule has 2 aromatic carbocycles. The van der Waals surface area contributed by atoms with Gasteiger partial charge in [0.25, 0.3) is 0 Å². The van der Waals surface area contributed by atoms with E-state index in [1.165, 1.54) is 23.5 Å². The Labute approximate surface area is 177 Å². The maximum Gasteiger partial charge on any atom is 0.243 e. The molecule has 9 heteroatoms. The first-order valence-corrected chi connectivity index (χ1v) is 11.3. The Kier molecular flexibility index (Phi) is 7.54. The minimum Gasteiger partial charge on any atom is -0.508 e. The van der Waals surface area contributed by atoms with Gasteiger partial charge in [-0.25, -0.2) is 8.42 Å². The topological polar surface area (TPSA) is 108 Å². The van der Waals surface area contributed by atoms with Gasteiger partial charge in [-0.15, -0.1) is 0 Å². The van der Waals surface area contributed by atoms with E-state index in [0.717, 1.165) is 0 Å². The Morgan fingerprint density at radius 3 is 2.27 bits per heavy atom. The van der Waals surface area contributed by atoms with Gasteiger partial charge in [0.15, 0.2) is 0 Å². The number of phenols is 1. The first-order chi connectivity index (χ1) is 14.4. The summed E-state index contributed by atoms with van der Waals surface area (Å²) in [5.41, 5.74) is 0. The Balaban J connectivity index is 1.41. The highest BCUT2D eigenvalue weighted by molar-refractivity contribution is 7.89. The van der Waals surface area contributed by atoms with Crippen LogP contribution in [0.25, 0.3) is 0 Å². The molecule has 0 aliphatic carbocycles. The van der Waals surface area contributed by atoms with Crippen molar-refractivity contribution in [1.82, 2.24) is 9.62 Å². The summed E-state index contributed by atoms with van der Waals surface area (Å²) in [5.74, 6) is 1.35. The SMILES string of the molecule is COc1ccc(S(=O)(=O)N2CCC(NC[C@@H](O)COc3ccc(O)cc3)CC2)cc1. The van der Waals surface area contributed by atoms with Gasteiger partial charge in [0.05, 0.1) is 12.0 Å². The lowest BCUT2D eigenvalue weighted by Crippen LogP contribution is -2.47. The van der Waals surface area contributed by atoms with Crippen LogP contribution in [0.4, 0.5) is 0 Å². The molecule has 0 amide bonds. The number of hydrogen-bond donors (Lipinski definition) is 3. The molecule has 8 nitrogen and oxygen atoms in total. The largest absolute Gasteiger partial charge is 0.508 e. The van der Waals surface area contributed by atoms with Crippen molar-refractivity contribution in [2.24, 2.45) is 0 Å². The fourth-order valence-corrected chi connectivity index (χ4v) is 4.76. The lowest BCUT2D eigenvalue weighted by molar-refractivity contribution is 0.101. The summed E-state index contributed by atoms with van der Waals surface area (Å²) >= 11 is 0. The molecule has 1 fully saturated rings. The zero-order valence-corrected chi connectivity index (χ0v) is 17.7. The van der Waals surface area contributed by atoms with Gasteiger partial charge >= 0.3 is 0 Å². The smallest absolute Gasteiger partial charge is 0.243 e. The van der Waals surface area contributed by atoms with Gasteiger partial charge < -0.3 is 25.0 Å². The molecule has 1 saturated heterocycles. The minimum absolute atomic E-state index is 0.127. The molecule has 0 bridgehead atoms. The number of ether oxygens (including phenoxy) is 2. The second-order valence-electron chi connectivity index (χ2n) is 7.22. The standard InChI is InChI=1S/C21H28N2O6S/c1-28-19-6-8-21(9-7-19)30(26,27)23-12-10-16(11-13-23)22-14-18(25)15-29-20-4-2-17(24)3-5-20/h2-9,16,18,22,24-25H,10-15H2,1H3/t18-/m1/s1. The molecule has 0 radical (unpaired) electrons. The Morgan fingerprint density at radius 1 is 1.07 bits per heavy atom. The van der Waals surface area contributed by atoms with Crippen LogP contribution in [-0.4, -0.2) is 68.4 Å². The number of aromatic hydroxyl groups is 1. The van der Waals surface area contributed by atoms with Crippen molar-refractivity contribution in [3.8, 4) is 17.2 Å². The maximum atomic E-state index is 12.8. The highest BCUT2D eigenvalue weighted by Crippen LogP contribution is 2.23. The van der Waals surface area contributed by atoms with Crippen molar-refractivity contribution in [2.75, 3.05) is 33.4 Å². The maximum absolute atomic E-state index is 12.8. The summed E-state index contributed by atoms with van der Waals surface area (Å²) in [5, 5.41) is 22.7. The van der Waals surface area contributed by atoms with Crippen molar-refractivity contribution in [1.29, 1.82) is 0 Å². The summed E-state index contributed by atoms with van der Waals surface area (Å²) in [6, 6.07) is 12.8. The monoisotopic (exact) mass is 436 g/mol. The van der Waals surface area contributed by atoms with Crippen LogP contribution in [0.3, 0.4) is 0 Å². The van der Waals surface area contributed by atoms with E-state index in [2.05, 4.69) is 5.32 Å². The quantitative estimate of drug-likeness (QED) is 0.548. The van der Waals surface area contributed by atoms with Gasteiger partial charge in [-0.1, -0.05) is 0 Å². The molecule has 0 aromatic heterocycles. The van der Waals surface area contributed by atoms with Gasteiger partial charge in [0.1, 0.15) is 30.0 Å². The van der Waals surface area contributed by atoms with Crippen LogP contribution in [0.5, 0.6) is 17.2 Å². The predicted molar refractivity (Wildman–Crippen MR) is 112 cm³/mol. The first kappa shape index (κ1) is 22.4. The van der Waals surface area contributed by atoms with E-state index in [9.17, 15) is 18.6 Å². The Hall–Kier alpha value is -2.33. The van der Waals surface area contributed by atoms with E-state index in [0.29, 0.717) is 44.0 Å². The van der Waals surface area contributed by atoms with Crippen molar-refractivity contribution >= 4 is 10.0 Å². The summed E-state index contributed by atoms with van der Waals surface area (Å²) in [7, 11) is -1.98. The number of nitrogens with zero attached hydrogens (tertiary/aromatic N) is 1. The fraction of sp³-hybridized carbons (Fsp3) is 0.429. The van der Waals surface area contributed by atoms with Crippen LogP contribution in [0.1, 0.15) is 12.8 Å². The number of hydrogen-bond acceptors (Lipinski definition) is 7. The van der Waals surface area contributed by atoms with Crippen LogP contribution in [0.15, 0.2) is 53.4 Å². The van der Waals surface area contributed by atoms with Crippen LogP contribution in [0, 0.1) is 0 Å². The number of aliphatic hydroxyl groups excluding tert-OH is 1. The van der Waals surface area contributed by atoms with Crippen LogP contribution >= 0.6 is 0 Å². The zero-order valence-electron chi connectivity index (χ0n) is 16.9. The van der Waals surface area contributed by atoms with Gasteiger partial charge in [-0.3, -0.25) is 0 Å².